The fourth-order valence-corrected chi connectivity index (χ4v) is 3.90. The van der Waals surface area contributed by atoms with Crippen molar-refractivity contribution in [3.63, 3.8) is 0 Å². The van der Waals surface area contributed by atoms with Crippen LogP contribution < -0.4 is 10.3 Å². The number of hydrogen-bond donors (Lipinski definition) is 1. The van der Waals surface area contributed by atoms with Gasteiger partial charge in [-0.25, -0.2) is 23.0 Å². The SMILES string of the molecule is O=C(N1CC(Oc2ccc3ccc(=O)[nH]c3c2F)C1)N1N=CC[C@H]1c1cc(F)cc(F)c1. The highest BCUT2D eigenvalue weighted by molar-refractivity contribution is 5.81. The molecule has 0 unspecified atom stereocenters. The number of pyridine rings is 1. The van der Waals surface area contributed by atoms with Gasteiger partial charge in [0.05, 0.1) is 24.6 Å². The number of aromatic nitrogens is 1. The van der Waals surface area contributed by atoms with Crippen LogP contribution in [0.15, 0.2) is 52.4 Å². The fourth-order valence-electron chi connectivity index (χ4n) is 3.90. The Labute approximate surface area is 179 Å². The second-order valence-corrected chi connectivity index (χ2v) is 7.69. The van der Waals surface area contributed by atoms with E-state index >= 15 is 0 Å². The van der Waals surface area contributed by atoms with Gasteiger partial charge in [0, 0.05) is 30.2 Å². The molecule has 1 saturated heterocycles. The van der Waals surface area contributed by atoms with Gasteiger partial charge in [0.25, 0.3) is 0 Å². The highest BCUT2D eigenvalue weighted by Crippen LogP contribution is 2.32. The molecule has 32 heavy (non-hydrogen) atoms. The van der Waals surface area contributed by atoms with Gasteiger partial charge >= 0.3 is 6.03 Å². The molecule has 0 saturated carbocycles. The molecule has 3 aromatic rings. The van der Waals surface area contributed by atoms with Crippen molar-refractivity contribution in [2.24, 2.45) is 5.10 Å². The van der Waals surface area contributed by atoms with E-state index in [4.69, 9.17) is 4.74 Å². The Morgan fingerprint density at radius 1 is 1.06 bits per heavy atom. The minimum absolute atomic E-state index is 0.0243. The van der Waals surface area contributed by atoms with Crippen LogP contribution in [0.2, 0.25) is 0 Å². The van der Waals surface area contributed by atoms with Crippen molar-refractivity contribution in [3.8, 4) is 5.75 Å². The smallest absolute Gasteiger partial charge is 0.341 e. The number of urea groups is 1. The zero-order valence-corrected chi connectivity index (χ0v) is 16.6. The number of likely N-dealkylation sites (tertiary alicyclic amines) is 1. The van der Waals surface area contributed by atoms with Crippen molar-refractivity contribution in [1.29, 1.82) is 0 Å². The maximum absolute atomic E-state index is 14.7. The van der Waals surface area contributed by atoms with E-state index < -0.39 is 41.2 Å². The molecule has 0 radical (unpaired) electrons. The van der Waals surface area contributed by atoms with Gasteiger partial charge in [-0.15, -0.1) is 0 Å². The zero-order valence-electron chi connectivity index (χ0n) is 16.6. The highest BCUT2D eigenvalue weighted by Gasteiger charge is 2.39. The molecule has 2 aliphatic heterocycles. The largest absolute Gasteiger partial charge is 0.484 e. The Morgan fingerprint density at radius 2 is 1.78 bits per heavy atom. The number of hydrazone groups is 1. The molecule has 2 amide bonds. The van der Waals surface area contributed by atoms with Crippen LogP contribution in [-0.2, 0) is 0 Å². The third-order valence-corrected chi connectivity index (χ3v) is 5.51. The number of nitrogens with one attached hydrogen (secondary N) is 1. The Balaban J connectivity index is 1.26. The fraction of sp³-hybridized carbons (Fsp3) is 0.227. The second-order valence-electron chi connectivity index (χ2n) is 7.69. The van der Waals surface area contributed by atoms with Crippen LogP contribution in [-0.4, -0.2) is 46.3 Å². The van der Waals surface area contributed by atoms with Crippen molar-refractivity contribution in [2.45, 2.75) is 18.6 Å². The number of H-pyrrole nitrogens is 1. The lowest BCUT2D eigenvalue weighted by Gasteiger charge is -2.41. The molecule has 1 atom stereocenters. The van der Waals surface area contributed by atoms with Crippen molar-refractivity contribution < 1.29 is 22.7 Å². The number of amides is 2. The summed E-state index contributed by atoms with van der Waals surface area (Å²) < 4.78 is 47.6. The van der Waals surface area contributed by atoms with Gasteiger partial charge in [-0.3, -0.25) is 4.79 Å². The van der Waals surface area contributed by atoms with E-state index in [0.717, 1.165) is 6.07 Å². The molecule has 1 aromatic heterocycles. The summed E-state index contributed by atoms with van der Waals surface area (Å²) in [5.41, 5.74) is -0.0550. The number of carbonyl (C=O) groups excluding carboxylic acids is 1. The Hall–Kier alpha value is -3.82. The first-order valence-electron chi connectivity index (χ1n) is 9.94. The van der Waals surface area contributed by atoms with Gasteiger partial charge in [0.2, 0.25) is 5.56 Å². The normalized spacial score (nSPS) is 18.3. The first-order valence-corrected chi connectivity index (χ1v) is 9.94. The molecule has 2 aromatic carbocycles. The van der Waals surface area contributed by atoms with Gasteiger partial charge < -0.3 is 14.6 Å². The average molecular weight is 442 g/mol. The number of carbonyl (C=O) groups is 1. The number of nitrogens with zero attached hydrogens (tertiary/aromatic N) is 3. The summed E-state index contributed by atoms with van der Waals surface area (Å²) in [7, 11) is 0. The zero-order chi connectivity index (χ0) is 22.4. The molecular formula is C22H17F3N4O3. The monoisotopic (exact) mass is 442 g/mol. The van der Waals surface area contributed by atoms with E-state index in [-0.39, 0.29) is 24.4 Å². The minimum atomic E-state index is -0.726. The van der Waals surface area contributed by atoms with Crippen LogP contribution in [0.5, 0.6) is 5.75 Å². The van der Waals surface area contributed by atoms with Gasteiger partial charge in [-0.05, 0) is 35.9 Å². The standard InChI is InChI=1S/C22H17F3N4O3/c23-14-7-13(8-15(24)9-14)17-5-6-26-29(17)22(31)28-10-16(11-28)32-18-3-1-12-2-4-19(30)27-21(12)20(18)25/h1-4,6-9,16-17H,5,10-11H2,(H,27,30)/t17-/m0/s1. The number of benzene rings is 2. The van der Waals surface area contributed by atoms with E-state index in [1.807, 2.05) is 0 Å². The number of aromatic amines is 1. The van der Waals surface area contributed by atoms with Crippen LogP contribution in [0.4, 0.5) is 18.0 Å². The van der Waals surface area contributed by atoms with Crippen LogP contribution in [0, 0.1) is 17.5 Å². The molecule has 10 heteroatoms. The van der Waals surface area contributed by atoms with Gasteiger partial charge in [0.1, 0.15) is 17.7 Å². The molecule has 7 nitrogen and oxygen atoms in total. The molecule has 0 aliphatic carbocycles. The second kappa shape index (κ2) is 7.70. The molecule has 2 aliphatic rings. The number of rotatable bonds is 3. The maximum Gasteiger partial charge on any atom is 0.341 e. The van der Waals surface area contributed by atoms with Gasteiger partial charge in [-0.1, -0.05) is 0 Å². The Bertz CT molecular complexity index is 1280. The number of fused-ring (bicyclic) bond motifs is 1. The molecule has 1 N–H and O–H groups in total. The van der Waals surface area contributed by atoms with E-state index in [2.05, 4.69) is 10.1 Å². The summed E-state index contributed by atoms with van der Waals surface area (Å²) in [6.07, 6.45) is 1.41. The van der Waals surface area contributed by atoms with Crippen LogP contribution in [0.25, 0.3) is 10.9 Å². The Morgan fingerprint density at radius 3 is 2.53 bits per heavy atom. The van der Waals surface area contributed by atoms with E-state index in [1.54, 1.807) is 6.07 Å². The Kier molecular flexibility index (Phi) is 4.84. The third-order valence-electron chi connectivity index (χ3n) is 5.51. The van der Waals surface area contributed by atoms with Crippen molar-refractivity contribution in [2.75, 3.05) is 13.1 Å². The van der Waals surface area contributed by atoms with Crippen molar-refractivity contribution >= 4 is 23.1 Å². The predicted molar refractivity (Wildman–Crippen MR) is 110 cm³/mol. The topological polar surface area (TPSA) is 78.0 Å². The first kappa shape index (κ1) is 20.1. The molecule has 0 spiro atoms. The number of halogens is 3. The van der Waals surface area contributed by atoms with Crippen LogP contribution in [0.1, 0.15) is 18.0 Å². The number of ether oxygens (including phenoxy) is 1. The molecule has 0 bridgehead atoms. The van der Waals surface area contributed by atoms with Crippen molar-refractivity contribution in [3.05, 3.63) is 75.8 Å². The lowest BCUT2D eigenvalue weighted by atomic mass is 10.0. The molecular weight excluding hydrogens is 425 g/mol. The van der Waals surface area contributed by atoms with Crippen LogP contribution >= 0.6 is 0 Å². The summed E-state index contributed by atoms with van der Waals surface area (Å²) in [5, 5.41) is 5.78. The summed E-state index contributed by atoms with van der Waals surface area (Å²) in [6, 6.07) is 8.01. The summed E-state index contributed by atoms with van der Waals surface area (Å²) in [6.45, 7) is 0.385. The molecule has 164 valence electrons. The molecule has 3 heterocycles. The van der Waals surface area contributed by atoms with Gasteiger partial charge in [0.15, 0.2) is 11.6 Å². The summed E-state index contributed by atoms with van der Waals surface area (Å²) >= 11 is 0. The van der Waals surface area contributed by atoms with Gasteiger partial charge in [-0.2, -0.15) is 5.10 Å². The number of hydrogen-bond acceptors (Lipinski definition) is 4. The van der Waals surface area contributed by atoms with E-state index in [9.17, 15) is 22.8 Å². The molecule has 1 fully saturated rings. The van der Waals surface area contributed by atoms with Crippen LogP contribution in [0.3, 0.4) is 0 Å². The third kappa shape index (κ3) is 3.57. The highest BCUT2D eigenvalue weighted by atomic mass is 19.1. The van der Waals surface area contributed by atoms with E-state index in [0.29, 0.717) is 17.4 Å². The summed E-state index contributed by atoms with van der Waals surface area (Å²) in [5.74, 6) is -2.16. The lowest BCUT2D eigenvalue weighted by Crippen LogP contribution is -2.58. The lowest BCUT2D eigenvalue weighted by molar-refractivity contribution is 0.0258. The summed E-state index contributed by atoms with van der Waals surface area (Å²) in [4.78, 5) is 28.2. The minimum Gasteiger partial charge on any atom is -0.484 e. The maximum atomic E-state index is 14.7. The molecule has 5 rings (SSSR count). The average Bonchev–Trinajstić information content (AvgIpc) is 3.21. The van der Waals surface area contributed by atoms with E-state index in [1.165, 1.54) is 46.5 Å². The predicted octanol–water partition coefficient (Wildman–Crippen LogP) is 3.56. The van der Waals surface area contributed by atoms with Crippen molar-refractivity contribution in [1.82, 2.24) is 14.9 Å². The quantitative estimate of drug-likeness (QED) is 0.674. The first-order chi connectivity index (χ1) is 15.4.